The Balaban J connectivity index is 1.70. The number of nitrogens with zero attached hydrogens (tertiary/aromatic N) is 1. The first kappa shape index (κ1) is 20.4. The Labute approximate surface area is 170 Å². The van der Waals surface area contributed by atoms with E-state index in [1.807, 2.05) is 56.3 Å². The van der Waals surface area contributed by atoms with Crippen molar-refractivity contribution in [2.75, 3.05) is 13.2 Å². The standard InChI is InChI=1S/C24H24FNO3/c1-3-27-22-12-10-21(11-13-22)26-16-19-7-14-23(24(15-19)28-4-2)29-17-18-5-8-20(25)9-6-18/h5-16H,3-4,17H2,1-2H3. The highest BCUT2D eigenvalue weighted by Crippen LogP contribution is 2.29. The number of halogens is 1. The van der Waals surface area contributed by atoms with E-state index in [0.717, 1.165) is 22.6 Å². The van der Waals surface area contributed by atoms with Crippen LogP contribution in [-0.2, 0) is 6.61 Å². The van der Waals surface area contributed by atoms with Gasteiger partial charge in [-0.2, -0.15) is 0 Å². The van der Waals surface area contributed by atoms with Crippen molar-refractivity contribution in [3.05, 3.63) is 83.7 Å². The van der Waals surface area contributed by atoms with E-state index >= 15 is 0 Å². The van der Waals surface area contributed by atoms with Gasteiger partial charge < -0.3 is 14.2 Å². The molecule has 0 heterocycles. The molecule has 0 unspecified atom stereocenters. The van der Waals surface area contributed by atoms with Gasteiger partial charge in [0.05, 0.1) is 18.9 Å². The second kappa shape index (κ2) is 10.3. The molecule has 0 bridgehead atoms. The normalized spacial score (nSPS) is 10.9. The Morgan fingerprint density at radius 1 is 0.793 bits per heavy atom. The molecule has 0 aromatic heterocycles. The summed E-state index contributed by atoms with van der Waals surface area (Å²) < 4.78 is 30.0. The zero-order valence-corrected chi connectivity index (χ0v) is 16.6. The topological polar surface area (TPSA) is 40.0 Å². The second-order valence-electron chi connectivity index (χ2n) is 6.24. The van der Waals surface area contributed by atoms with Crippen LogP contribution in [0.1, 0.15) is 25.0 Å². The van der Waals surface area contributed by atoms with Crippen LogP contribution in [0.5, 0.6) is 17.2 Å². The first-order valence-electron chi connectivity index (χ1n) is 9.59. The van der Waals surface area contributed by atoms with Gasteiger partial charge in [0.15, 0.2) is 11.5 Å². The third kappa shape index (κ3) is 6.07. The fourth-order valence-electron chi connectivity index (χ4n) is 2.68. The molecular weight excluding hydrogens is 369 g/mol. The molecule has 3 aromatic carbocycles. The van der Waals surface area contributed by atoms with Gasteiger partial charge in [-0.25, -0.2) is 4.39 Å². The van der Waals surface area contributed by atoms with Gasteiger partial charge in [-0.15, -0.1) is 0 Å². The average molecular weight is 393 g/mol. The molecule has 3 rings (SSSR count). The number of rotatable bonds is 9. The van der Waals surface area contributed by atoms with Gasteiger partial charge >= 0.3 is 0 Å². The quantitative estimate of drug-likeness (QED) is 0.422. The summed E-state index contributed by atoms with van der Waals surface area (Å²) in [5.41, 5.74) is 2.62. The minimum absolute atomic E-state index is 0.264. The van der Waals surface area contributed by atoms with E-state index in [0.29, 0.717) is 31.3 Å². The minimum atomic E-state index is -0.264. The maximum absolute atomic E-state index is 13.0. The molecule has 29 heavy (non-hydrogen) atoms. The molecule has 0 aliphatic carbocycles. The Kier molecular flexibility index (Phi) is 7.22. The van der Waals surface area contributed by atoms with Gasteiger partial charge in [-0.3, -0.25) is 4.99 Å². The zero-order valence-electron chi connectivity index (χ0n) is 16.6. The van der Waals surface area contributed by atoms with Crippen LogP contribution in [0.15, 0.2) is 71.7 Å². The van der Waals surface area contributed by atoms with Gasteiger partial charge in [0.1, 0.15) is 18.2 Å². The minimum Gasteiger partial charge on any atom is -0.494 e. The van der Waals surface area contributed by atoms with Crippen LogP contribution >= 0.6 is 0 Å². The summed E-state index contributed by atoms with van der Waals surface area (Å²) in [6, 6.07) is 19.5. The first-order chi connectivity index (χ1) is 14.2. The smallest absolute Gasteiger partial charge is 0.161 e. The molecule has 0 aliphatic rings. The Morgan fingerprint density at radius 2 is 1.52 bits per heavy atom. The van der Waals surface area contributed by atoms with Crippen LogP contribution in [0.25, 0.3) is 0 Å². The van der Waals surface area contributed by atoms with Gasteiger partial charge in [0, 0.05) is 6.21 Å². The molecule has 0 aliphatic heterocycles. The maximum atomic E-state index is 13.0. The van der Waals surface area contributed by atoms with Gasteiger partial charge in [0.2, 0.25) is 0 Å². The maximum Gasteiger partial charge on any atom is 0.161 e. The molecule has 5 heteroatoms. The number of hydrogen-bond donors (Lipinski definition) is 0. The second-order valence-corrected chi connectivity index (χ2v) is 6.24. The van der Waals surface area contributed by atoms with Crippen LogP contribution in [0, 0.1) is 5.82 Å². The van der Waals surface area contributed by atoms with Crippen LogP contribution in [0.4, 0.5) is 10.1 Å². The molecule has 0 N–H and O–H groups in total. The largest absolute Gasteiger partial charge is 0.494 e. The third-order valence-corrected chi connectivity index (χ3v) is 4.09. The highest BCUT2D eigenvalue weighted by atomic mass is 19.1. The Morgan fingerprint density at radius 3 is 2.21 bits per heavy atom. The lowest BCUT2D eigenvalue weighted by Gasteiger charge is -2.12. The molecule has 3 aromatic rings. The molecule has 0 atom stereocenters. The number of ether oxygens (including phenoxy) is 3. The highest BCUT2D eigenvalue weighted by Gasteiger charge is 2.07. The monoisotopic (exact) mass is 393 g/mol. The predicted molar refractivity (Wildman–Crippen MR) is 113 cm³/mol. The highest BCUT2D eigenvalue weighted by molar-refractivity contribution is 5.83. The van der Waals surface area contributed by atoms with Crippen LogP contribution in [0.3, 0.4) is 0 Å². The van der Waals surface area contributed by atoms with Crippen molar-refractivity contribution in [3.63, 3.8) is 0 Å². The van der Waals surface area contributed by atoms with Crippen molar-refractivity contribution in [2.24, 2.45) is 4.99 Å². The summed E-state index contributed by atoms with van der Waals surface area (Å²) in [5.74, 6) is 1.84. The van der Waals surface area contributed by atoms with Crippen molar-refractivity contribution < 1.29 is 18.6 Å². The summed E-state index contributed by atoms with van der Waals surface area (Å²) in [5, 5.41) is 0. The van der Waals surface area contributed by atoms with E-state index in [4.69, 9.17) is 14.2 Å². The summed E-state index contributed by atoms with van der Waals surface area (Å²) in [7, 11) is 0. The van der Waals surface area contributed by atoms with E-state index in [1.165, 1.54) is 12.1 Å². The Bertz CT molecular complexity index is 937. The predicted octanol–water partition coefficient (Wildman–Crippen LogP) is 5.95. The van der Waals surface area contributed by atoms with Crippen molar-refractivity contribution in [2.45, 2.75) is 20.5 Å². The molecule has 4 nitrogen and oxygen atoms in total. The molecule has 0 spiro atoms. The van der Waals surface area contributed by atoms with Crippen molar-refractivity contribution in [1.29, 1.82) is 0 Å². The number of benzene rings is 3. The zero-order chi connectivity index (χ0) is 20.5. The molecule has 0 radical (unpaired) electrons. The van der Waals surface area contributed by atoms with Gasteiger partial charge in [0.25, 0.3) is 0 Å². The van der Waals surface area contributed by atoms with Crippen LogP contribution in [0.2, 0.25) is 0 Å². The lowest BCUT2D eigenvalue weighted by atomic mass is 10.2. The first-order valence-corrected chi connectivity index (χ1v) is 9.59. The van der Waals surface area contributed by atoms with E-state index in [9.17, 15) is 4.39 Å². The summed E-state index contributed by atoms with van der Waals surface area (Å²) in [4.78, 5) is 4.50. The van der Waals surface area contributed by atoms with Crippen LogP contribution < -0.4 is 14.2 Å². The molecule has 0 saturated heterocycles. The summed E-state index contributed by atoms with van der Waals surface area (Å²) in [6.45, 7) is 5.37. The number of hydrogen-bond acceptors (Lipinski definition) is 4. The number of aliphatic imine (C=N–C) groups is 1. The molecular formula is C24H24FNO3. The van der Waals surface area contributed by atoms with E-state index in [1.54, 1.807) is 18.3 Å². The molecule has 0 fully saturated rings. The van der Waals surface area contributed by atoms with Crippen LogP contribution in [-0.4, -0.2) is 19.4 Å². The molecule has 150 valence electrons. The van der Waals surface area contributed by atoms with Gasteiger partial charge in [-0.1, -0.05) is 12.1 Å². The fraction of sp³-hybridized carbons (Fsp3) is 0.208. The van der Waals surface area contributed by atoms with Gasteiger partial charge in [-0.05, 0) is 79.6 Å². The summed E-state index contributed by atoms with van der Waals surface area (Å²) >= 11 is 0. The lowest BCUT2D eigenvalue weighted by Crippen LogP contribution is -2.00. The average Bonchev–Trinajstić information content (AvgIpc) is 2.74. The Hall–Kier alpha value is -3.34. The molecule has 0 saturated carbocycles. The third-order valence-electron chi connectivity index (χ3n) is 4.09. The molecule has 0 amide bonds. The lowest BCUT2D eigenvalue weighted by molar-refractivity contribution is 0.269. The fourth-order valence-corrected chi connectivity index (χ4v) is 2.68. The van der Waals surface area contributed by atoms with E-state index < -0.39 is 0 Å². The SMILES string of the molecule is CCOc1ccc(N=Cc2ccc(OCc3ccc(F)cc3)c(OCC)c2)cc1. The van der Waals surface area contributed by atoms with Crippen molar-refractivity contribution in [3.8, 4) is 17.2 Å². The van der Waals surface area contributed by atoms with E-state index in [2.05, 4.69) is 4.99 Å². The summed E-state index contributed by atoms with van der Waals surface area (Å²) in [6.07, 6.45) is 1.78. The van der Waals surface area contributed by atoms with E-state index in [-0.39, 0.29) is 5.82 Å². The van der Waals surface area contributed by atoms with Crippen molar-refractivity contribution in [1.82, 2.24) is 0 Å². The van der Waals surface area contributed by atoms with Crippen molar-refractivity contribution >= 4 is 11.9 Å².